The van der Waals surface area contributed by atoms with Crippen LogP contribution in [-0.4, -0.2) is 28.2 Å². The summed E-state index contributed by atoms with van der Waals surface area (Å²) in [6.07, 6.45) is 4.95. The summed E-state index contributed by atoms with van der Waals surface area (Å²) in [7, 11) is 0. The van der Waals surface area contributed by atoms with E-state index in [-0.39, 0.29) is 6.04 Å². The lowest BCUT2D eigenvalue weighted by Gasteiger charge is -2.18. The molecule has 0 fully saturated rings. The van der Waals surface area contributed by atoms with Gasteiger partial charge >= 0.3 is 0 Å². The second kappa shape index (κ2) is 7.19. The lowest BCUT2D eigenvalue weighted by molar-refractivity contribution is 0.0979. The van der Waals surface area contributed by atoms with Gasteiger partial charge in [-0.05, 0) is 30.2 Å². The second-order valence-electron chi connectivity index (χ2n) is 5.74. The van der Waals surface area contributed by atoms with Crippen molar-refractivity contribution in [3.05, 3.63) is 48.7 Å². The Morgan fingerprint density at radius 3 is 2.78 bits per heavy atom. The van der Waals surface area contributed by atoms with Gasteiger partial charge in [-0.15, -0.1) is 0 Å². The highest BCUT2D eigenvalue weighted by Crippen LogP contribution is 2.20. The third-order valence-electron chi connectivity index (χ3n) is 3.28. The van der Waals surface area contributed by atoms with Gasteiger partial charge in [0, 0.05) is 19.0 Å². The van der Waals surface area contributed by atoms with Gasteiger partial charge in [0.1, 0.15) is 23.1 Å². The van der Waals surface area contributed by atoms with E-state index in [4.69, 9.17) is 9.15 Å². The fourth-order valence-corrected chi connectivity index (χ4v) is 2.22. The molecule has 3 heterocycles. The molecule has 3 rings (SSSR count). The van der Waals surface area contributed by atoms with Crippen LogP contribution in [0.1, 0.15) is 25.6 Å². The summed E-state index contributed by atoms with van der Waals surface area (Å²) in [6.45, 7) is 5.46. The van der Waals surface area contributed by atoms with E-state index in [1.54, 1.807) is 18.7 Å². The summed E-state index contributed by atoms with van der Waals surface area (Å²) < 4.78 is 11.3. The zero-order chi connectivity index (χ0) is 16.1. The maximum Gasteiger partial charge on any atom is 0.180 e. The van der Waals surface area contributed by atoms with E-state index in [0.29, 0.717) is 30.6 Å². The van der Waals surface area contributed by atoms with Crippen LogP contribution in [-0.2, 0) is 4.74 Å². The Hall–Kier alpha value is -2.47. The van der Waals surface area contributed by atoms with Crippen LogP contribution < -0.4 is 5.32 Å². The fourth-order valence-electron chi connectivity index (χ4n) is 2.22. The Bertz CT molecular complexity index is 743. The molecule has 0 saturated heterocycles. The zero-order valence-corrected chi connectivity index (χ0v) is 13.3. The van der Waals surface area contributed by atoms with Gasteiger partial charge in [-0.25, -0.2) is 9.97 Å². The van der Waals surface area contributed by atoms with Crippen molar-refractivity contribution in [2.45, 2.75) is 19.9 Å². The molecular weight excluding hydrogens is 292 g/mol. The van der Waals surface area contributed by atoms with E-state index in [2.05, 4.69) is 34.1 Å². The largest absolute Gasteiger partial charge is 0.467 e. The predicted octanol–water partition coefficient (Wildman–Crippen LogP) is 3.44. The molecule has 0 amide bonds. The average Bonchev–Trinajstić information content (AvgIpc) is 3.08. The molecule has 120 valence electrons. The van der Waals surface area contributed by atoms with Gasteiger partial charge in [0.15, 0.2) is 5.65 Å². The molecule has 0 aromatic carbocycles. The smallest absolute Gasteiger partial charge is 0.180 e. The van der Waals surface area contributed by atoms with Gasteiger partial charge in [-0.2, -0.15) is 0 Å². The Morgan fingerprint density at radius 1 is 1.13 bits per heavy atom. The van der Waals surface area contributed by atoms with Crippen LogP contribution in [0.3, 0.4) is 0 Å². The molecular formula is C17H20N4O2. The molecule has 0 aliphatic rings. The maximum absolute atomic E-state index is 5.76. The van der Waals surface area contributed by atoms with Gasteiger partial charge in [0.05, 0.1) is 12.9 Å². The number of nitrogens with one attached hydrogen (secondary N) is 1. The Labute approximate surface area is 134 Å². The molecule has 1 unspecified atom stereocenters. The third-order valence-corrected chi connectivity index (χ3v) is 3.28. The summed E-state index contributed by atoms with van der Waals surface area (Å²) in [5.74, 6) is 2.02. The van der Waals surface area contributed by atoms with Crippen LogP contribution >= 0.6 is 0 Å². The van der Waals surface area contributed by atoms with E-state index >= 15 is 0 Å². The molecule has 0 aliphatic carbocycles. The maximum atomic E-state index is 5.76. The summed E-state index contributed by atoms with van der Waals surface area (Å²) in [6, 6.07) is 7.47. The number of ether oxygens (including phenoxy) is 1. The standard InChI is InChI=1S/C17H20N4O2/c1-12(2)10-22-11-14(15-4-3-9-23-15)20-16-6-5-13-17(21-16)19-8-7-18-13/h3-9,12,14H,10-11H2,1-2H3,(H,19,20,21). The SMILES string of the molecule is CC(C)COCC(Nc1ccc2nccnc2n1)c1ccco1. The van der Waals surface area contributed by atoms with Crippen molar-refractivity contribution >= 4 is 17.0 Å². The molecule has 0 radical (unpaired) electrons. The minimum absolute atomic E-state index is 0.106. The van der Waals surface area contributed by atoms with E-state index in [1.807, 2.05) is 24.3 Å². The van der Waals surface area contributed by atoms with Crippen molar-refractivity contribution in [3.8, 4) is 0 Å². The molecule has 1 N–H and O–H groups in total. The molecule has 6 heteroatoms. The molecule has 3 aromatic heterocycles. The molecule has 1 atom stereocenters. The topological polar surface area (TPSA) is 73.1 Å². The lowest BCUT2D eigenvalue weighted by Crippen LogP contribution is -2.18. The first-order valence-electron chi connectivity index (χ1n) is 7.68. The van der Waals surface area contributed by atoms with Crippen molar-refractivity contribution < 1.29 is 9.15 Å². The van der Waals surface area contributed by atoms with Crippen molar-refractivity contribution in [3.63, 3.8) is 0 Å². The number of pyridine rings is 1. The minimum atomic E-state index is -0.106. The molecule has 6 nitrogen and oxygen atoms in total. The summed E-state index contributed by atoms with van der Waals surface area (Å²) in [5, 5.41) is 3.35. The number of furan rings is 1. The van der Waals surface area contributed by atoms with Crippen LogP contribution in [0.25, 0.3) is 11.2 Å². The number of anilines is 1. The normalized spacial score (nSPS) is 12.7. The number of aromatic nitrogens is 3. The van der Waals surface area contributed by atoms with E-state index in [9.17, 15) is 0 Å². The van der Waals surface area contributed by atoms with Gasteiger partial charge in [-0.3, -0.25) is 4.98 Å². The Kier molecular flexibility index (Phi) is 4.83. The molecule has 0 aliphatic heterocycles. The minimum Gasteiger partial charge on any atom is -0.467 e. The van der Waals surface area contributed by atoms with Crippen LogP contribution in [0.2, 0.25) is 0 Å². The summed E-state index contributed by atoms with van der Waals surface area (Å²) in [5.41, 5.74) is 1.38. The van der Waals surface area contributed by atoms with E-state index in [0.717, 1.165) is 11.3 Å². The molecule has 0 spiro atoms. The molecule has 0 saturated carbocycles. The van der Waals surface area contributed by atoms with Crippen molar-refractivity contribution in [2.24, 2.45) is 5.92 Å². The zero-order valence-electron chi connectivity index (χ0n) is 13.3. The quantitative estimate of drug-likeness (QED) is 0.720. The summed E-state index contributed by atoms with van der Waals surface area (Å²) >= 11 is 0. The first kappa shape index (κ1) is 15.4. The number of nitrogens with zero attached hydrogens (tertiary/aromatic N) is 3. The second-order valence-corrected chi connectivity index (χ2v) is 5.74. The monoisotopic (exact) mass is 312 g/mol. The van der Waals surface area contributed by atoms with Gasteiger partial charge < -0.3 is 14.5 Å². The van der Waals surface area contributed by atoms with Crippen molar-refractivity contribution in [1.82, 2.24) is 15.0 Å². The van der Waals surface area contributed by atoms with E-state index < -0.39 is 0 Å². The highest BCUT2D eigenvalue weighted by Gasteiger charge is 2.16. The Morgan fingerprint density at radius 2 is 2.00 bits per heavy atom. The molecule has 23 heavy (non-hydrogen) atoms. The molecule has 3 aromatic rings. The first-order chi connectivity index (χ1) is 11.2. The third kappa shape index (κ3) is 4.04. The van der Waals surface area contributed by atoms with Gasteiger partial charge in [0.2, 0.25) is 0 Å². The van der Waals surface area contributed by atoms with Gasteiger partial charge in [-0.1, -0.05) is 13.8 Å². The van der Waals surface area contributed by atoms with Crippen LogP contribution in [0, 0.1) is 5.92 Å². The summed E-state index contributed by atoms with van der Waals surface area (Å²) in [4.78, 5) is 12.9. The average molecular weight is 312 g/mol. The van der Waals surface area contributed by atoms with Crippen molar-refractivity contribution in [2.75, 3.05) is 18.5 Å². The van der Waals surface area contributed by atoms with Crippen molar-refractivity contribution in [1.29, 1.82) is 0 Å². The predicted molar refractivity (Wildman–Crippen MR) is 88.1 cm³/mol. The lowest BCUT2D eigenvalue weighted by atomic mass is 10.2. The number of hydrogen-bond acceptors (Lipinski definition) is 6. The number of hydrogen-bond donors (Lipinski definition) is 1. The van der Waals surface area contributed by atoms with Gasteiger partial charge in [0.25, 0.3) is 0 Å². The highest BCUT2D eigenvalue weighted by molar-refractivity contribution is 5.71. The fraction of sp³-hybridized carbons (Fsp3) is 0.353. The van der Waals surface area contributed by atoms with Crippen LogP contribution in [0.5, 0.6) is 0 Å². The van der Waals surface area contributed by atoms with Crippen LogP contribution in [0.15, 0.2) is 47.3 Å². The Balaban J connectivity index is 1.76. The highest BCUT2D eigenvalue weighted by atomic mass is 16.5. The number of rotatable bonds is 7. The van der Waals surface area contributed by atoms with Crippen LogP contribution in [0.4, 0.5) is 5.82 Å². The molecule has 0 bridgehead atoms. The number of fused-ring (bicyclic) bond motifs is 1. The van der Waals surface area contributed by atoms with E-state index in [1.165, 1.54) is 0 Å². The first-order valence-corrected chi connectivity index (χ1v) is 7.68.